The molecule has 0 spiro atoms. The van der Waals surface area contributed by atoms with E-state index in [1.54, 1.807) is 61.0 Å². The molecule has 1 fully saturated rings. The molecule has 1 aromatic heterocycles. The number of nitrogens with zero attached hydrogens (tertiary/aromatic N) is 3. The highest BCUT2D eigenvalue weighted by atomic mass is 32.2. The second-order valence-electron chi connectivity index (χ2n) is 6.36. The summed E-state index contributed by atoms with van der Waals surface area (Å²) < 4.78 is 0. The van der Waals surface area contributed by atoms with Crippen LogP contribution in [0.5, 0.6) is 0 Å². The van der Waals surface area contributed by atoms with Crippen LogP contribution < -0.4 is 10.6 Å². The molecule has 0 atom stereocenters. The smallest absolute Gasteiger partial charge is 0.332 e. The number of carbonyl (C=O) groups excluding carboxylic acids is 2. The molecule has 3 rings (SSSR count). The summed E-state index contributed by atoms with van der Waals surface area (Å²) in [6.07, 6.45) is 3.57. The topological polar surface area (TPSA) is 79.5 Å². The molecule has 2 heterocycles. The van der Waals surface area contributed by atoms with E-state index >= 15 is 0 Å². The molecule has 2 N–H and O–H groups in total. The van der Waals surface area contributed by atoms with Gasteiger partial charge in [0.05, 0.1) is 5.69 Å². The lowest BCUT2D eigenvalue weighted by Crippen LogP contribution is -2.43. The van der Waals surface area contributed by atoms with Crippen molar-refractivity contribution in [2.45, 2.75) is 30.8 Å². The number of nitrogens with two attached hydrogens (primary N) is 1. The summed E-state index contributed by atoms with van der Waals surface area (Å²) in [5, 5.41) is 0. The van der Waals surface area contributed by atoms with Crippen molar-refractivity contribution in [3.8, 4) is 0 Å². The first-order valence-corrected chi connectivity index (χ1v) is 9.07. The number of urea groups is 1. The Morgan fingerprint density at radius 2 is 1.84 bits per heavy atom. The van der Waals surface area contributed by atoms with Gasteiger partial charge in [0.15, 0.2) is 0 Å². The van der Waals surface area contributed by atoms with Gasteiger partial charge >= 0.3 is 6.03 Å². The monoisotopic (exact) mass is 356 g/mol. The van der Waals surface area contributed by atoms with E-state index in [4.69, 9.17) is 5.73 Å². The molecule has 0 aliphatic carbocycles. The Kier molecular flexibility index (Phi) is 4.43. The summed E-state index contributed by atoms with van der Waals surface area (Å²) in [4.78, 5) is 33.7. The van der Waals surface area contributed by atoms with Crippen molar-refractivity contribution in [1.29, 1.82) is 0 Å². The highest BCUT2D eigenvalue weighted by molar-refractivity contribution is 7.98. The van der Waals surface area contributed by atoms with Crippen molar-refractivity contribution in [2.75, 3.05) is 16.9 Å². The van der Waals surface area contributed by atoms with Gasteiger partial charge in [0.1, 0.15) is 11.4 Å². The molecule has 3 amide bonds. The minimum atomic E-state index is -0.937. The minimum absolute atomic E-state index is 0.239. The summed E-state index contributed by atoms with van der Waals surface area (Å²) >= 11 is 1.61. The van der Waals surface area contributed by atoms with E-state index in [0.717, 1.165) is 10.5 Å². The van der Waals surface area contributed by atoms with E-state index in [0.29, 0.717) is 18.1 Å². The van der Waals surface area contributed by atoms with E-state index in [9.17, 15) is 9.59 Å². The van der Waals surface area contributed by atoms with Crippen LogP contribution in [0.4, 0.5) is 16.3 Å². The molecule has 2 aromatic rings. The number of nitrogen functional groups attached to an aromatic ring is 1. The van der Waals surface area contributed by atoms with Gasteiger partial charge in [-0.05, 0) is 62.1 Å². The molecule has 1 aromatic carbocycles. The largest absolute Gasteiger partial charge is 0.384 e. The molecule has 6 nitrogen and oxygen atoms in total. The number of carbonyl (C=O) groups is 2. The molecule has 0 bridgehead atoms. The molecular weight excluding hydrogens is 336 g/mol. The third-order valence-electron chi connectivity index (χ3n) is 4.34. The third kappa shape index (κ3) is 3.07. The molecule has 7 heteroatoms. The second-order valence-corrected chi connectivity index (χ2v) is 7.23. The number of hydrogen-bond acceptors (Lipinski definition) is 5. The normalized spacial score (nSPS) is 16.6. The number of aromatic nitrogens is 1. The molecule has 25 heavy (non-hydrogen) atoms. The lowest BCUT2D eigenvalue weighted by atomic mass is 10.0. The molecule has 1 saturated heterocycles. The molecule has 0 saturated carbocycles. The first-order chi connectivity index (χ1) is 11.8. The van der Waals surface area contributed by atoms with Gasteiger partial charge in [-0.2, -0.15) is 0 Å². The van der Waals surface area contributed by atoms with Crippen LogP contribution >= 0.6 is 11.8 Å². The van der Waals surface area contributed by atoms with E-state index in [1.807, 2.05) is 18.4 Å². The highest BCUT2D eigenvalue weighted by Gasteiger charge is 2.51. The Hall–Kier alpha value is -2.54. The van der Waals surface area contributed by atoms with Crippen molar-refractivity contribution < 1.29 is 9.59 Å². The first-order valence-electron chi connectivity index (χ1n) is 7.85. The fourth-order valence-corrected chi connectivity index (χ4v) is 3.24. The van der Waals surface area contributed by atoms with Crippen LogP contribution in [0.2, 0.25) is 0 Å². The quantitative estimate of drug-likeness (QED) is 0.672. The van der Waals surface area contributed by atoms with Crippen molar-refractivity contribution >= 4 is 35.2 Å². The van der Waals surface area contributed by atoms with Gasteiger partial charge in [-0.1, -0.05) is 0 Å². The lowest BCUT2D eigenvalue weighted by molar-refractivity contribution is -0.123. The van der Waals surface area contributed by atoms with Crippen molar-refractivity contribution in [3.05, 3.63) is 48.2 Å². The highest BCUT2D eigenvalue weighted by Crippen LogP contribution is 2.34. The van der Waals surface area contributed by atoms with Crippen molar-refractivity contribution in [1.82, 2.24) is 9.88 Å². The standard InChI is InChI=1S/C18H20N4O2S/c1-18(2)16(23)22(13-4-6-14(25-3)7-5-13)17(24)21(18)11-12-8-9-20-15(19)10-12/h4-10H,11H2,1-3H3,(H2,19,20). The zero-order valence-electron chi connectivity index (χ0n) is 14.4. The summed E-state index contributed by atoms with van der Waals surface area (Å²) in [6.45, 7) is 3.81. The van der Waals surface area contributed by atoms with E-state index in [1.165, 1.54) is 4.90 Å². The van der Waals surface area contributed by atoms with Crippen LogP contribution in [0.1, 0.15) is 19.4 Å². The maximum atomic E-state index is 13.0. The van der Waals surface area contributed by atoms with Gasteiger partial charge in [0, 0.05) is 17.6 Å². The Labute approximate surface area is 151 Å². The van der Waals surface area contributed by atoms with Crippen LogP contribution in [0, 0.1) is 0 Å². The average molecular weight is 356 g/mol. The zero-order chi connectivity index (χ0) is 18.2. The van der Waals surface area contributed by atoms with Crippen LogP contribution in [-0.4, -0.2) is 33.6 Å². The van der Waals surface area contributed by atoms with Gasteiger partial charge < -0.3 is 10.6 Å². The summed E-state index contributed by atoms with van der Waals surface area (Å²) in [5.41, 5.74) is 6.19. The van der Waals surface area contributed by atoms with Gasteiger partial charge in [-0.3, -0.25) is 4.79 Å². The van der Waals surface area contributed by atoms with Gasteiger partial charge in [-0.25, -0.2) is 14.7 Å². The number of hydrogen-bond donors (Lipinski definition) is 1. The first kappa shape index (κ1) is 17.3. The van der Waals surface area contributed by atoms with Crippen LogP contribution in [0.25, 0.3) is 0 Å². The number of benzene rings is 1. The SMILES string of the molecule is CSc1ccc(N2C(=O)N(Cc3ccnc(N)c3)C(C)(C)C2=O)cc1. The maximum Gasteiger partial charge on any atom is 0.332 e. The molecule has 1 aliphatic heterocycles. The van der Waals surface area contributed by atoms with Crippen LogP contribution in [-0.2, 0) is 11.3 Å². The van der Waals surface area contributed by atoms with Crippen molar-refractivity contribution in [2.24, 2.45) is 0 Å². The van der Waals surface area contributed by atoms with Crippen LogP contribution in [0.15, 0.2) is 47.5 Å². The minimum Gasteiger partial charge on any atom is -0.384 e. The summed E-state index contributed by atoms with van der Waals surface area (Å²) in [6, 6.07) is 10.6. The van der Waals surface area contributed by atoms with E-state index in [2.05, 4.69) is 4.98 Å². The Bertz CT molecular complexity index is 820. The van der Waals surface area contributed by atoms with Gasteiger partial charge in [0.25, 0.3) is 5.91 Å². The zero-order valence-corrected chi connectivity index (χ0v) is 15.2. The summed E-state index contributed by atoms with van der Waals surface area (Å²) in [5.74, 6) is 0.147. The average Bonchev–Trinajstić information content (AvgIpc) is 2.75. The van der Waals surface area contributed by atoms with Gasteiger partial charge in [0.2, 0.25) is 0 Å². The molecule has 130 valence electrons. The fourth-order valence-electron chi connectivity index (χ4n) is 2.84. The predicted octanol–water partition coefficient (Wildman–Crippen LogP) is 3.13. The number of pyridine rings is 1. The lowest BCUT2D eigenvalue weighted by Gasteiger charge is -2.27. The molecule has 0 radical (unpaired) electrons. The van der Waals surface area contributed by atoms with E-state index < -0.39 is 5.54 Å². The Balaban J connectivity index is 1.92. The maximum absolute atomic E-state index is 13.0. The number of anilines is 2. The third-order valence-corrected chi connectivity index (χ3v) is 5.08. The van der Waals surface area contributed by atoms with Gasteiger partial charge in [-0.15, -0.1) is 11.8 Å². The number of thioether (sulfide) groups is 1. The van der Waals surface area contributed by atoms with E-state index in [-0.39, 0.29) is 11.9 Å². The number of amides is 3. The molecule has 0 unspecified atom stereocenters. The Morgan fingerprint density at radius 1 is 1.16 bits per heavy atom. The summed E-state index contributed by atoms with van der Waals surface area (Å²) in [7, 11) is 0. The number of imide groups is 1. The fraction of sp³-hybridized carbons (Fsp3) is 0.278. The second kappa shape index (κ2) is 6.40. The van der Waals surface area contributed by atoms with Crippen molar-refractivity contribution in [3.63, 3.8) is 0 Å². The Morgan fingerprint density at radius 3 is 2.44 bits per heavy atom. The number of rotatable bonds is 4. The predicted molar refractivity (Wildman–Crippen MR) is 99.4 cm³/mol. The van der Waals surface area contributed by atoms with Crippen LogP contribution in [0.3, 0.4) is 0 Å². The molecule has 1 aliphatic rings. The molecular formula is C18H20N4O2S.